The van der Waals surface area contributed by atoms with Gasteiger partial charge in [-0.3, -0.25) is 9.59 Å². The van der Waals surface area contributed by atoms with Crippen molar-refractivity contribution >= 4 is 17.7 Å². The molecule has 0 aliphatic carbocycles. The van der Waals surface area contributed by atoms with Gasteiger partial charge < -0.3 is 9.72 Å². The third-order valence-corrected chi connectivity index (χ3v) is 3.13. The Morgan fingerprint density at radius 3 is 2.84 bits per heavy atom. The molecule has 0 saturated heterocycles. The highest BCUT2D eigenvalue weighted by molar-refractivity contribution is 7.98. The number of carbonyl (C=O) groups is 1. The number of carbonyl (C=O) groups excluding carboxylic acids is 1. The minimum atomic E-state index is -0.314. The quantitative estimate of drug-likeness (QED) is 0.373. The van der Waals surface area contributed by atoms with E-state index in [0.29, 0.717) is 22.8 Å². The number of thioether (sulfide) groups is 1. The second-order valence-electron chi connectivity index (χ2n) is 3.89. The molecule has 0 aliphatic heterocycles. The first-order valence-corrected chi connectivity index (χ1v) is 7.21. The maximum absolute atomic E-state index is 11.8. The summed E-state index contributed by atoms with van der Waals surface area (Å²) in [5, 5.41) is 0.585. The molecule has 0 aliphatic rings. The largest absolute Gasteiger partial charge is 0.461 e. The standard InChI is InChI=1S/C13H18N2O3S/c1-4-5-8-18-11(16)7-6-10-9(2)14-13(19-3)15-12(10)17/h4-5H,6-8H2,1-3H3,(H,14,15,17)/b5-4+. The minimum Gasteiger partial charge on any atom is -0.461 e. The molecule has 19 heavy (non-hydrogen) atoms. The monoisotopic (exact) mass is 282 g/mol. The van der Waals surface area contributed by atoms with Crippen molar-refractivity contribution in [1.82, 2.24) is 9.97 Å². The number of aryl methyl sites for hydroxylation is 1. The number of rotatable bonds is 6. The number of esters is 1. The van der Waals surface area contributed by atoms with Gasteiger partial charge in [0.2, 0.25) is 0 Å². The molecule has 0 amide bonds. The molecular formula is C13H18N2O3S. The number of allylic oxidation sites excluding steroid dienone is 1. The number of aromatic nitrogens is 2. The van der Waals surface area contributed by atoms with Crippen molar-refractivity contribution in [3.05, 3.63) is 33.8 Å². The Labute approximate surface area is 116 Å². The van der Waals surface area contributed by atoms with Crippen molar-refractivity contribution in [1.29, 1.82) is 0 Å². The molecule has 104 valence electrons. The summed E-state index contributed by atoms with van der Waals surface area (Å²) >= 11 is 1.38. The number of H-pyrrole nitrogens is 1. The summed E-state index contributed by atoms with van der Waals surface area (Å²) in [6, 6.07) is 0. The molecule has 0 bridgehead atoms. The molecule has 0 unspecified atom stereocenters. The Bertz CT molecular complexity index is 523. The highest BCUT2D eigenvalue weighted by Gasteiger charge is 2.10. The van der Waals surface area contributed by atoms with Crippen LogP contribution in [0.1, 0.15) is 24.6 Å². The minimum absolute atomic E-state index is 0.182. The van der Waals surface area contributed by atoms with Crippen LogP contribution in [0, 0.1) is 6.92 Å². The molecule has 0 saturated carbocycles. The normalized spacial score (nSPS) is 10.9. The van der Waals surface area contributed by atoms with Crippen LogP contribution in [0.3, 0.4) is 0 Å². The zero-order valence-electron chi connectivity index (χ0n) is 11.4. The summed E-state index contributed by atoms with van der Waals surface area (Å²) in [7, 11) is 0. The third kappa shape index (κ3) is 4.90. The van der Waals surface area contributed by atoms with E-state index in [1.54, 1.807) is 13.0 Å². The average molecular weight is 282 g/mol. The van der Waals surface area contributed by atoms with Gasteiger partial charge in [-0.25, -0.2) is 4.98 Å². The van der Waals surface area contributed by atoms with Gasteiger partial charge in [0.15, 0.2) is 5.16 Å². The van der Waals surface area contributed by atoms with Gasteiger partial charge >= 0.3 is 5.97 Å². The van der Waals surface area contributed by atoms with Gasteiger partial charge in [-0.2, -0.15) is 0 Å². The predicted molar refractivity (Wildman–Crippen MR) is 75.5 cm³/mol. The zero-order valence-corrected chi connectivity index (χ0v) is 12.2. The first-order valence-electron chi connectivity index (χ1n) is 5.99. The van der Waals surface area contributed by atoms with Crippen LogP contribution in [0.4, 0.5) is 0 Å². The highest BCUT2D eigenvalue weighted by atomic mass is 32.2. The fourth-order valence-corrected chi connectivity index (χ4v) is 1.94. The van der Waals surface area contributed by atoms with Crippen molar-refractivity contribution in [3.63, 3.8) is 0 Å². The van der Waals surface area contributed by atoms with E-state index in [-0.39, 0.29) is 24.6 Å². The smallest absolute Gasteiger partial charge is 0.306 e. The molecule has 1 aromatic heterocycles. The summed E-state index contributed by atoms with van der Waals surface area (Å²) in [5.41, 5.74) is 1.02. The van der Waals surface area contributed by atoms with Crippen molar-refractivity contribution < 1.29 is 9.53 Å². The van der Waals surface area contributed by atoms with Gasteiger partial charge in [0.1, 0.15) is 6.61 Å². The van der Waals surface area contributed by atoms with E-state index >= 15 is 0 Å². The molecule has 5 nitrogen and oxygen atoms in total. The number of nitrogens with zero attached hydrogens (tertiary/aromatic N) is 1. The number of hydrogen-bond acceptors (Lipinski definition) is 5. The SMILES string of the molecule is C/C=C/COC(=O)CCc1c(C)nc(SC)[nH]c1=O. The first-order chi connectivity index (χ1) is 9.08. The fraction of sp³-hybridized carbons (Fsp3) is 0.462. The number of ether oxygens (including phenoxy) is 1. The summed E-state index contributed by atoms with van der Waals surface area (Å²) in [5.74, 6) is -0.314. The molecule has 0 aromatic carbocycles. The van der Waals surface area contributed by atoms with Gasteiger partial charge in [0.25, 0.3) is 5.56 Å². The summed E-state index contributed by atoms with van der Waals surface area (Å²) in [6.07, 6.45) is 5.94. The maximum atomic E-state index is 11.8. The van der Waals surface area contributed by atoms with Crippen molar-refractivity contribution in [3.8, 4) is 0 Å². The van der Waals surface area contributed by atoms with E-state index in [1.165, 1.54) is 11.8 Å². The van der Waals surface area contributed by atoms with E-state index in [0.717, 1.165) is 0 Å². The molecule has 0 radical (unpaired) electrons. The Balaban J connectivity index is 2.63. The lowest BCUT2D eigenvalue weighted by Crippen LogP contribution is -2.18. The average Bonchev–Trinajstić information content (AvgIpc) is 2.37. The highest BCUT2D eigenvalue weighted by Crippen LogP contribution is 2.09. The van der Waals surface area contributed by atoms with E-state index in [2.05, 4.69) is 9.97 Å². The van der Waals surface area contributed by atoms with Crippen molar-refractivity contribution in [2.45, 2.75) is 31.8 Å². The van der Waals surface area contributed by atoms with E-state index < -0.39 is 0 Å². The first kappa shape index (κ1) is 15.5. The van der Waals surface area contributed by atoms with Gasteiger partial charge in [-0.15, -0.1) is 0 Å². The fourth-order valence-electron chi connectivity index (χ4n) is 1.51. The Morgan fingerprint density at radius 1 is 1.53 bits per heavy atom. The predicted octanol–water partition coefficient (Wildman–Crippen LogP) is 1.85. The topological polar surface area (TPSA) is 72.0 Å². The molecule has 0 spiro atoms. The molecule has 0 fully saturated rings. The lowest BCUT2D eigenvalue weighted by molar-refractivity contribution is -0.142. The van der Waals surface area contributed by atoms with Crippen LogP contribution >= 0.6 is 11.8 Å². The molecule has 0 atom stereocenters. The third-order valence-electron chi connectivity index (χ3n) is 2.55. The van der Waals surface area contributed by atoms with Crippen LogP contribution in [0.2, 0.25) is 0 Å². The lowest BCUT2D eigenvalue weighted by atomic mass is 10.1. The summed E-state index contributed by atoms with van der Waals surface area (Å²) in [6.45, 7) is 3.90. The lowest BCUT2D eigenvalue weighted by Gasteiger charge is -2.05. The van der Waals surface area contributed by atoms with Crippen LogP contribution < -0.4 is 5.56 Å². The van der Waals surface area contributed by atoms with Crippen molar-refractivity contribution in [2.24, 2.45) is 0 Å². The number of aromatic amines is 1. The Hall–Kier alpha value is -1.56. The molecular weight excluding hydrogens is 264 g/mol. The van der Waals surface area contributed by atoms with Gasteiger partial charge in [-0.1, -0.05) is 23.9 Å². The Morgan fingerprint density at radius 2 is 2.26 bits per heavy atom. The van der Waals surface area contributed by atoms with Crippen LogP contribution in [-0.4, -0.2) is 28.8 Å². The molecule has 1 N–H and O–H groups in total. The molecule has 6 heteroatoms. The van der Waals surface area contributed by atoms with Crippen molar-refractivity contribution in [2.75, 3.05) is 12.9 Å². The number of hydrogen-bond donors (Lipinski definition) is 1. The zero-order chi connectivity index (χ0) is 14.3. The molecule has 1 aromatic rings. The van der Waals surface area contributed by atoms with Gasteiger partial charge in [-0.05, 0) is 26.5 Å². The van der Waals surface area contributed by atoms with Gasteiger partial charge in [0.05, 0.1) is 0 Å². The van der Waals surface area contributed by atoms with E-state index in [4.69, 9.17) is 4.74 Å². The summed E-state index contributed by atoms with van der Waals surface area (Å²) < 4.78 is 4.97. The van der Waals surface area contributed by atoms with Crippen LogP contribution in [0.5, 0.6) is 0 Å². The summed E-state index contributed by atoms with van der Waals surface area (Å²) in [4.78, 5) is 30.2. The van der Waals surface area contributed by atoms with Gasteiger partial charge in [0, 0.05) is 17.7 Å². The van der Waals surface area contributed by atoms with E-state index in [1.807, 2.05) is 19.3 Å². The molecule has 1 heterocycles. The maximum Gasteiger partial charge on any atom is 0.306 e. The second kappa shape index (κ2) is 7.78. The number of nitrogens with one attached hydrogen (secondary N) is 1. The van der Waals surface area contributed by atoms with Crippen LogP contribution in [0.15, 0.2) is 22.1 Å². The molecule has 1 rings (SSSR count). The Kier molecular flexibility index (Phi) is 6.35. The van der Waals surface area contributed by atoms with Crippen LogP contribution in [0.25, 0.3) is 0 Å². The second-order valence-corrected chi connectivity index (χ2v) is 4.69. The van der Waals surface area contributed by atoms with E-state index in [9.17, 15) is 9.59 Å². The van der Waals surface area contributed by atoms with Crippen LogP contribution in [-0.2, 0) is 16.0 Å².